The van der Waals surface area contributed by atoms with Crippen molar-refractivity contribution in [1.29, 1.82) is 0 Å². The molecular weight excluding hydrogens is 263 g/mol. The summed E-state index contributed by atoms with van der Waals surface area (Å²) in [6, 6.07) is 3.31. The molecule has 2 heterocycles. The predicted molar refractivity (Wildman–Crippen MR) is 58.9 cm³/mol. The summed E-state index contributed by atoms with van der Waals surface area (Å²) in [5.74, 6) is -0.517. The van der Waals surface area contributed by atoms with E-state index in [9.17, 15) is 18.0 Å². The van der Waals surface area contributed by atoms with Crippen LogP contribution < -0.4 is 0 Å². The van der Waals surface area contributed by atoms with Crippen molar-refractivity contribution in [2.75, 3.05) is 0 Å². The molecule has 0 aliphatic carbocycles. The lowest BCUT2D eigenvalue weighted by Crippen LogP contribution is -2.09. The number of hydrogen-bond donors (Lipinski definition) is 1. The van der Waals surface area contributed by atoms with Crippen LogP contribution in [0.15, 0.2) is 28.9 Å². The van der Waals surface area contributed by atoms with E-state index in [1.54, 1.807) is 19.1 Å². The van der Waals surface area contributed by atoms with Gasteiger partial charge in [-0.15, -0.1) is 0 Å². The van der Waals surface area contributed by atoms with E-state index in [-0.39, 0.29) is 6.54 Å². The number of hydrogen-bond acceptors (Lipinski definition) is 2. The second kappa shape index (κ2) is 4.49. The molecule has 0 saturated heterocycles. The third-order valence-corrected chi connectivity index (χ3v) is 2.55. The van der Waals surface area contributed by atoms with Gasteiger partial charge < -0.3 is 14.1 Å². The van der Waals surface area contributed by atoms with Crippen LogP contribution in [0.3, 0.4) is 0 Å². The minimum Gasteiger partial charge on any atom is -0.478 e. The Kier molecular flexibility index (Phi) is 3.13. The van der Waals surface area contributed by atoms with Crippen molar-refractivity contribution < 1.29 is 27.5 Å². The summed E-state index contributed by atoms with van der Waals surface area (Å²) in [4.78, 5) is 10.8. The number of rotatable bonds is 3. The molecule has 0 saturated carbocycles. The van der Waals surface area contributed by atoms with E-state index in [4.69, 9.17) is 9.52 Å². The summed E-state index contributed by atoms with van der Waals surface area (Å²) >= 11 is 0. The molecule has 0 aromatic carbocycles. The Bertz CT molecular complexity index is 610. The van der Waals surface area contributed by atoms with Crippen LogP contribution in [0.2, 0.25) is 0 Å². The van der Waals surface area contributed by atoms with Crippen molar-refractivity contribution in [2.24, 2.45) is 0 Å². The van der Waals surface area contributed by atoms with Crippen molar-refractivity contribution in [3.63, 3.8) is 0 Å². The van der Waals surface area contributed by atoms with Crippen LogP contribution >= 0.6 is 0 Å². The summed E-state index contributed by atoms with van der Waals surface area (Å²) in [5.41, 5.74) is -1.93. The lowest BCUT2D eigenvalue weighted by Gasteiger charge is -2.04. The molecule has 0 unspecified atom stereocenters. The van der Waals surface area contributed by atoms with Gasteiger partial charge in [-0.1, -0.05) is 0 Å². The van der Waals surface area contributed by atoms with Gasteiger partial charge in [0.15, 0.2) is 0 Å². The summed E-state index contributed by atoms with van der Waals surface area (Å²) in [5, 5.41) is 8.78. The highest BCUT2D eigenvalue weighted by molar-refractivity contribution is 5.89. The molecule has 102 valence electrons. The lowest BCUT2D eigenvalue weighted by atomic mass is 10.2. The number of aromatic nitrogens is 1. The molecule has 0 fully saturated rings. The topological polar surface area (TPSA) is 55.4 Å². The van der Waals surface area contributed by atoms with Crippen molar-refractivity contribution in [2.45, 2.75) is 19.6 Å². The van der Waals surface area contributed by atoms with Crippen molar-refractivity contribution in [1.82, 2.24) is 4.57 Å². The Labute approximate surface area is 106 Å². The van der Waals surface area contributed by atoms with Crippen LogP contribution in [0.1, 0.15) is 27.4 Å². The number of carboxylic acid groups (broad SMARTS) is 1. The minimum atomic E-state index is -4.70. The Morgan fingerprint density at radius 3 is 2.47 bits per heavy atom. The van der Waals surface area contributed by atoms with Gasteiger partial charge in [0.05, 0.1) is 17.7 Å². The fourth-order valence-electron chi connectivity index (χ4n) is 1.75. The number of aryl methyl sites for hydroxylation is 1. The second-order valence-corrected chi connectivity index (χ2v) is 4.07. The molecule has 7 heteroatoms. The first-order chi connectivity index (χ1) is 8.77. The van der Waals surface area contributed by atoms with Gasteiger partial charge in [0, 0.05) is 12.4 Å². The van der Waals surface area contributed by atoms with Gasteiger partial charge in [0.2, 0.25) is 0 Å². The fraction of sp³-hybridized carbons (Fsp3) is 0.250. The second-order valence-electron chi connectivity index (χ2n) is 4.07. The van der Waals surface area contributed by atoms with Crippen molar-refractivity contribution >= 4 is 5.97 Å². The molecule has 0 aliphatic rings. The van der Waals surface area contributed by atoms with Gasteiger partial charge in [0.1, 0.15) is 11.5 Å². The van der Waals surface area contributed by atoms with Crippen LogP contribution in [0.4, 0.5) is 13.2 Å². The molecule has 19 heavy (non-hydrogen) atoms. The van der Waals surface area contributed by atoms with Crippen LogP contribution in [-0.2, 0) is 12.7 Å². The number of carbonyl (C=O) groups is 1. The zero-order valence-corrected chi connectivity index (χ0v) is 9.86. The molecular formula is C12H10F3NO3. The highest BCUT2D eigenvalue weighted by Gasteiger charge is 2.37. The molecule has 0 radical (unpaired) electrons. The van der Waals surface area contributed by atoms with Gasteiger partial charge in [-0.25, -0.2) is 4.79 Å². The van der Waals surface area contributed by atoms with E-state index in [1.807, 2.05) is 0 Å². The first-order valence-corrected chi connectivity index (χ1v) is 5.33. The van der Waals surface area contributed by atoms with E-state index in [1.165, 1.54) is 0 Å². The number of aromatic carboxylic acids is 1. The maximum atomic E-state index is 12.7. The lowest BCUT2D eigenvalue weighted by molar-refractivity contribution is -0.138. The van der Waals surface area contributed by atoms with E-state index < -0.39 is 23.3 Å². The number of carboxylic acids is 1. The summed E-state index contributed by atoms with van der Waals surface area (Å²) in [6.07, 6.45) is -2.98. The average molecular weight is 273 g/mol. The monoisotopic (exact) mass is 273 g/mol. The van der Waals surface area contributed by atoms with Crippen LogP contribution in [0.25, 0.3) is 0 Å². The molecule has 0 atom stereocenters. The molecule has 0 aliphatic heterocycles. The summed E-state index contributed by atoms with van der Waals surface area (Å²) in [6.45, 7) is 1.76. The molecule has 0 spiro atoms. The Balaban J connectivity index is 2.35. The molecule has 2 rings (SSSR count). The first kappa shape index (κ1) is 13.3. The van der Waals surface area contributed by atoms with Crippen LogP contribution in [0.5, 0.6) is 0 Å². The van der Waals surface area contributed by atoms with Crippen molar-refractivity contribution in [3.8, 4) is 0 Å². The standard InChI is InChI=1S/C12H10F3NO3/c1-7-2-3-8(19-7)4-16-5-9(11(17)18)10(6-16)12(13,14)15/h2-3,5-6H,4H2,1H3,(H,17,18). The normalized spacial score (nSPS) is 11.8. The van der Waals surface area contributed by atoms with E-state index in [2.05, 4.69) is 0 Å². The SMILES string of the molecule is Cc1ccc(Cn2cc(C(=O)O)c(C(F)(F)F)c2)o1. The molecule has 1 N–H and O–H groups in total. The zero-order valence-electron chi connectivity index (χ0n) is 9.86. The first-order valence-electron chi connectivity index (χ1n) is 5.33. The molecule has 0 bridgehead atoms. The molecule has 0 amide bonds. The van der Waals surface area contributed by atoms with Crippen LogP contribution in [0, 0.1) is 6.92 Å². The maximum Gasteiger partial charge on any atom is 0.418 e. The van der Waals surface area contributed by atoms with Crippen molar-refractivity contribution in [3.05, 3.63) is 47.2 Å². The molecule has 2 aromatic rings. The highest BCUT2D eigenvalue weighted by Crippen LogP contribution is 2.32. The van der Waals surface area contributed by atoms with E-state index in [0.717, 1.165) is 17.0 Å². The Hall–Kier alpha value is -2.18. The number of alkyl halides is 3. The smallest absolute Gasteiger partial charge is 0.418 e. The average Bonchev–Trinajstić information content (AvgIpc) is 2.85. The number of nitrogens with zero attached hydrogens (tertiary/aromatic N) is 1. The van der Waals surface area contributed by atoms with Gasteiger partial charge in [-0.05, 0) is 19.1 Å². The summed E-state index contributed by atoms with van der Waals surface area (Å²) < 4.78 is 44.4. The molecule has 2 aromatic heterocycles. The number of halogens is 3. The Morgan fingerprint density at radius 2 is 2.05 bits per heavy atom. The third kappa shape index (κ3) is 2.81. The van der Waals surface area contributed by atoms with E-state index in [0.29, 0.717) is 11.5 Å². The highest BCUT2D eigenvalue weighted by atomic mass is 19.4. The van der Waals surface area contributed by atoms with Crippen LogP contribution in [-0.4, -0.2) is 15.6 Å². The molecule has 4 nitrogen and oxygen atoms in total. The van der Waals surface area contributed by atoms with E-state index >= 15 is 0 Å². The zero-order chi connectivity index (χ0) is 14.2. The maximum absolute atomic E-state index is 12.7. The number of furan rings is 1. The quantitative estimate of drug-likeness (QED) is 0.934. The van der Waals surface area contributed by atoms with Gasteiger partial charge in [-0.3, -0.25) is 0 Å². The predicted octanol–water partition coefficient (Wildman–Crippen LogP) is 3.15. The largest absolute Gasteiger partial charge is 0.478 e. The summed E-state index contributed by atoms with van der Waals surface area (Å²) in [7, 11) is 0. The van der Waals surface area contributed by atoms with Gasteiger partial charge >= 0.3 is 12.1 Å². The Morgan fingerprint density at radius 1 is 1.37 bits per heavy atom. The van der Waals surface area contributed by atoms with Gasteiger partial charge in [0.25, 0.3) is 0 Å². The van der Waals surface area contributed by atoms with Gasteiger partial charge in [-0.2, -0.15) is 13.2 Å². The minimum absolute atomic E-state index is 0.0458. The third-order valence-electron chi connectivity index (χ3n) is 2.55. The fourth-order valence-corrected chi connectivity index (χ4v) is 1.75.